The molecule has 0 saturated carbocycles. The van der Waals surface area contributed by atoms with Gasteiger partial charge in [-0.3, -0.25) is 4.79 Å². The number of nitrogens with one attached hydrogen (secondary N) is 1. The summed E-state index contributed by atoms with van der Waals surface area (Å²) < 4.78 is 5.72. The summed E-state index contributed by atoms with van der Waals surface area (Å²) in [6.45, 7) is 3.63. The summed E-state index contributed by atoms with van der Waals surface area (Å²) >= 11 is 7.81. The third-order valence-electron chi connectivity index (χ3n) is 4.18. The summed E-state index contributed by atoms with van der Waals surface area (Å²) in [6.07, 6.45) is -0.617. The number of hydrogen-bond donors (Lipinski definition) is 1. The van der Waals surface area contributed by atoms with Gasteiger partial charge in [-0.2, -0.15) is 0 Å². The molecular formula is C23H22ClNO2S. The van der Waals surface area contributed by atoms with Crippen LogP contribution >= 0.6 is 23.4 Å². The summed E-state index contributed by atoms with van der Waals surface area (Å²) in [7, 11) is 0. The Morgan fingerprint density at radius 2 is 1.79 bits per heavy atom. The van der Waals surface area contributed by atoms with Crippen LogP contribution in [-0.4, -0.2) is 12.0 Å². The molecule has 0 aromatic heterocycles. The van der Waals surface area contributed by atoms with E-state index < -0.39 is 6.10 Å². The largest absolute Gasteiger partial charge is 0.481 e. The van der Waals surface area contributed by atoms with Crippen LogP contribution in [0.2, 0.25) is 5.02 Å². The van der Waals surface area contributed by atoms with Gasteiger partial charge in [0.15, 0.2) is 6.10 Å². The molecule has 0 heterocycles. The highest BCUT2D eigenvalue weighted by Gasteiger charge is 2.15. The minimum Gasteiger partial charge on any atom is -0.481 e. The zero-order valence-corrected chi connectivity index (χ0v) is 17.4. The number of carbonyl (C=O) groups excluding carboxylic acids is 1. The second-order valence-electron chi connectivity index (χ2n) is 6.46. The van der Waals surface area contributed by atoms with E-state index in [2.05, 4.69) is 17.4 Å². The lowest BCUT2D eigenvalue weighted by atomic mass is 10.2. The molecule has 0 spiro atoms. The van der Waals surface area contributed by atoms with Crippen molar-refractivity contribution < 1.29 is 9.53 Å². The highest BCUT2D eigenvalue weighted by atomic mass is 35.5. The molecule has 0 aliphatic heterocycles. The van der Waals surface area contributed by atoms with Crippen molar-refractivity contribution >= 4 is 35.0 Å². The summed E-state index contributed by atoms with van der Waals surface area (Å²) in [4.78, 5) is 13.6. The van der Waals surface area contributed by atoms with E-state index in [0.29, 0.717) is 10.8 Å². The lowest BCUT2D eigenvalue weighted by molar-refractivity contribution is -0.122. The first-order valence-electron chi connectivity index (χ1n) is 9.02. The van der Waals surface area contributed by atoms with Crippen LogP contribution < -0.4 is 10.1 Å². The molecule has 0 saturated heterocycles. The van der Waals surface area contributed by atoms with Gasteiger partial charge < -0.3 is 10.1 Å². The monoisotopic (exact) mass is 411 g/mol. The van der Waals surface area contributed by atoms with Gasteiger partial charge in [-0.05, 0) is 67.4 Å². The van der Waals surface area contributed by atoms with E-state index in [1.807, 2.05) is 55.5 Å². The van der Waals surface area contributed by atoms with Crippen molar-refractivity contribution in [1.29, 1.82) is 0 Å². The molecule has 3 rings (SSSR count). The Labute approximate surface area is 175 Å². The number of rotatable bonds is 7. The average Bonchev–Trinajstić information content (AvgIpc) is 2.71. The fraction of sp³-hybridized carbons (Fsp3) is 0.174. The molecule has 1 atom stereocenters. The van der Waals surface area contributed by atoms with Crippen molar-refractivity contribution in [1.82, 2.24) is 0 Å². The van der Waals surface area contributed by atoms with E-state index in [1.165, 1.54) is 10.5 Å². The molecule has 3 aromatic rings. The van der Waals surface area contributed by atoms with Crippen LogP contribution in [0.5, 0.6) is 5.75 Å². The third kappa shape index (κ3) is 5.78. The molecule has 144 valence electrons. The van der Waals surface area contributed by atoms with E-state index >= 15 is 0 Å². The van der Waals surface area contributed by atoms with Gasteiger partial charge in [-0.1, -0.05) is 41.9 Å². The van der Waals surface area contributed by atoms with Gasteiger partial charge >= 0.3 is 0 Å². The number of anilines is 1. The fourth-order valence-corrected chi connectivity index (χ4v) is 3.55. The number of thioether (sulfide) groups is 1. The average molecular weight is 412 g/mol. The molecule has 0 aliphatic rings. The second kappa shape index (κ2) is 9.67. The van der Waals surface area contributed by atoms with Gasteiger partial charge in [-0.15, -0.1) is 11.8 Å². The van der Waals surface area contributed by atoms with Crippen molar-refractivity contribution in [2.75, 3.05) is 5.32 Å². The van der Waals surface area contributed by atoms with Gasteiger partial charge in [0.1, 0.15) is 5.75 Å². The predicted molar refractivity (Wildman–Crippen MR) is 117 cm³/mol. The van der Waals surface area contributed by atoms with E-state index in [-0.39, 0.29) is 5.91 Å². The Balaban J connectivity index is 1.52. The number of carbonyl (C=O) groups is 1. The normalized spacial score (nSPS) is 11.7. The second-order valence-corrected chi connectivity index (χ2v) is 7.91. The van der Waals surface area contributed by atoms with Crippen LogP contribution in [0.3, 0.4) is 0 Å². The maximum atomic E-state index is 12.4. The van der Waals surface area contributed by atoms with Crippen LogP contribution in [0.15, 0.2) is 77.7 Å². The lowest BCUT2D eigenvalue weighted by Gasteiger charge is -2.15. The van der Waals surface area contributed by atoms with Crippen LogP contribution in [0.1, 0.15) is 18.1 Å². The molecule has 1 N–H and O–H groups in total. The Bertz CT molecular complexity index is 929. The van der Waals surface area contributed by atoms with E-state index in [4.69, 9.17) is 16.3 Å². The Hall–Kier alpha value is -2.43. The quantitative estimate of drug-likeness (QED) is 0.460. The van der Waals surface area contributed by atoms with Gasteiger partial charge in [0.05, 0.1) is 0 Å². The molecular weight excluding hydrogens is 390 g/mol. The van der Waals surface area contributed by atoms with E-state index in [9.17, 15) is 4.79 Å². The summed E-state index contributed by atoms with van der Waals surface area (Å²) in [5.74, 6) is 1.31. The summed E-state index contributed by atoms with van der Waals surface area (Å²) in [5, 5.41) is 3.57. The standard InChI is InChI=1S/C23H22ClNO2S/c1-16-14-20(12-13-22(16)24)27-17(2)23(26)25-19-10-8-18(9-11-19)15-28-21-6-4-3-5-7-21/h3-14,17H,15H2,1-2H3,(H,25,26)/t17-/m1/s1. The zero-order valence-electron chi connectivity index (χ0n) is 15.8. The smallest absolute Gasteiger partial charge is 0.265 e. The Morgan fingerprint density at radius 1 is 1.07 bits per heavy atom. The van der Waals surface area contributed by atoms with Gasteiger partial charge in [0, 0.05) is 21.4 Å². The number of halogens is 1. The Kier molecular flexibility index (Phi) is 7.01. The number of amides is 1. The molecule has 0 unspecified atom stereocenters. The van der Waals surface area contributed by atoms with Crippen molar-refractivity contribution in [3.8, 4) is 5.75 Å². The summed E-state index contributed by atoms with van der Waals surface area (Å²) in [5.41, 5.74) is 2.87. The maximum absolute atomic E-state index is 12.4. The van der Waals surface area contributed by atoms with Crippen LogP contribution in [0, 0.1) is 6.92 Å². The first-order chi connectivity index (χ1) is 13.5. The molecule has 3 nitrogen and oxygen atoms in total. The zero-order chi connectivity index (χ0) is 19.9. The third-order valence-corrected chi connectivity index (χ3v) is 5.69. The van der Waals surface area contributed by atoms with Crippen molar-refractivity contribution in [2.24, 2.45) is 0 Å². The predicted octanol–water partition coefficient (Wildman–Crippen LogP) is 6.35. The van der Waals surface area contributed by atoms with Gasteiger partial charge in [-0.25, -0.2) is 0 Å². The van der Waals surface area contributed by atoms with Crippen LogP contribution in [-0.2, 0) is 10.5 Å². The Morgan fingerprint density at radius 3 is 2.46 bits per heavy atom. The molecule has 0 aliphatic carbocycles. The number of benzene rings is 3. The number of ether oxygens (including phenoxy) is 1. The van der Waals surface area contributed by atoms with Crippen molar-refractivity contribution in [3.05, 3.63) is 88.9 Å². The van der Waals surface area contributed by atoms with Gasteiger partial charge in [0.25, 0.3) is 5.91 Å². The minimum atomic E-state index is -0.617. The molecule has 1 amide bonds. The summed E-state index contributed by atoms with van der Waals surface area (Å²) in [6, 6.07) is 23.5. The minimum absolute atomic E-state index is 0.195. The maximum Gasteiger partial charge on any atom is 0.265 e. The number of aryl methyl sites for hydroxylation is 1. The SMILES string of the molecule is Cc1cc(O[C@H](C)C(=O)Nc2ccc(CSc3ccccc3)cc2)ccc1Cl. The fourth-order valence-electron chi connectivity index (χ4n) is 2.56. The highest BCUT2D eigenvalue weighted by Crippen LogP contribution is 2.24. The molecule has 5 heteroatoms. The highest BCUT2D eigenvalue weighted by molar-refractivity contribution is 7.98. The molecule has 3 aromatic carbocycles. The van der Waals surface area contributed by atoms with E-state index in [1.54, 1.807) is 30.8 Å². The first kappa shape index (κ1) is 20.3. The van der Waals surface area contributed by atoms with E-state index in [0.717, 1.165) is 17.0 Å². The van der Waals surface area contributed by atoms with Crippen molar-refractivity contribution in [3.63, 3.8) is 0 Å². The molecule has 0 radical (unpaired) electrons. The topological polar surface area (TPSA) is 38.3 Å². The van der Waals surface area contributed by atoms with Crippen molar-refractivity contribution in [2.45, 2.75) is 30.6 Å². The number of hydrogen-bond acceptors (Lipinski definition) is 3. The first-order valence-corrected chi connectivity index (χ1v) is 10.4. The van der Waals surface area contributed by atoms with Crippen LogP contribution in [0.4, 0.5) is 5.69 Å². The molecule has 0 bridgehead atoms. The van der Waals surface area contributed by atoms with Crippen LogP contribution in [0.25, 0.3) is 0 Å². The molecule has 28 heavy (non-hydrogen) atoms. The molecule has 0 fully saturated rings. The lowest BCUT2D eigenvalue weighted by Crippen LogP contribution is -2.30. The van der Waals surface area contributed by atoms with Gasteiger partial charge in [0.2, 0.25) is 0 Å².